The van der Waals surface area contributed by atoms with Crippen LogP contribution in [-0.2, 0) is 12.8 Å². The van der Waals surface area contributed by atoms with Gasteiger partial charge in [0.2, 0.25) is 0 Å². The van der Waals surface area contributed by atoms with Crippen molar-refractivity contribution in [1.82, 2.24) is 0 Å². The summed E-state index contributed by atoms with van der Waals surface area (Å²) in [5.74, 6) is 0. The first kappa shape index (κ1) is 18.0. The lowest BCUT2D eigenvalue weighted by Crippen LogP contribution is -2.26. The standard InChI is InChI=1S/C21H31NO/c1-2-3-4-5-6-7-9-17-12-13-21-18(14-17)10-8-11-19(21)15-20(22)16-23/h8,10-14,20,23H,2-7,9,15-16,22H2,1H3/t20-/m0/s1. The zero-order valence-corrected chi connectivity index (χ0v) is 14.4. The van der Waals surface area contributed by atoms with Gasteiger partial charge in [-0.3, -0.25) is 0 Å². The number of fused-ring (bicyclic) bond motifs is 1. The zero-order chi connectivity index (χ0) is 16.5. The molecule has 0 aliphatic carbocycles. The van der Waals surface area contributed by atoms with Crippen molar-refractivity contribution < 1.29 is 5.11 Å². The van der Waals surface area contributed by atoms with E-state index in [1.807, 2.05) is 0 Å². The Bertz CT molecular complexity index is 593. The molecule has 23 heavy (non-hydrogen) atoms. The molecule has 0 spiro atoms. The van der Waals surface area contributed by atoms with Crippen LogP contribution in [0.2, 0.25) is 0 Å². The summed E-state index contributed by atoms with van der Waals surface area (Å²) in [5.41, 5.74) is 8.55. The topological polar surface area (TPSA) is 46.2 Å². The van der Waals surface area contributed by atoms with Crippen LogP contribution in [0.15, 0.2) is 36.4 Å². The molecule has 3 N–H and O–H groups in total. The lowest BCUT2D eigenvalue weighted by atomic mass is 9.96. The van der Waals surface area contributed by atoms with Gasteiger partial charge in [0.15, 0.2) is 0 Å². The molecule has 0 aliphatic rings. The lowest BCUT2D eigenvalue weighted by molar-refractivity contribution is 0.265. The fraction of sp³-hybridized carbons (Fsp3) is 0.524. The van der Waals surface area contributed by atoms with Crippen molar-refractivity contribution in [3.63, 3.8) is 0 Å². The van der Waals surface area contributed by atoms with Crippen molar-refractivity contribution in [2.45, 2.75) is 64.3 Å². The molecule has 2 rings (SSSR count). The number of benzene rings is 2. The number of hydrogen-bond donors (Lipinski definition) is 2. The number of aliphatic hydroxyl groups excluding tert-OH is 1. The summed E-state index contributed by atoms with van der Waals surface area (Å²) in [4.78, 5) is 0. The molecule has 0 radical (unpaired) electrons. The monoisotopic (exact) mass is 313 g/mol. The van der Waals surface area contributed by atoms with Crippen LogP contribution >= 0.6 is 0 Å². The zero-order valence-electron chi connectivity index (χ0n) is 14.4. The predicted molar refractivity (Wildman–Crippen MR) is 99.8 cm³/mol. The molecule has 2 aromatic rings. The third kappa shape index (κ3) is 5.63. The third-order valence-electron chi connectivity index (χ3n) is 4.57. The van der Waals surface area contributed by atoms with E-state index in [9.17, 15) is 0 Å². The summed E-state index contributed by atoms with van der Waals surface area (Å²) in [5, 5.41) is 11.7. The molecule has 0 unspecified atom stereocenters. The van der Waals surface area contributed by atoms with Gasteiger partial charge in [-0.1, -0.05) is 75.4 Å². The Morgan fingerprint density at radius 2 is 1.78 bits per heavy atom. The Kier molecular flexibility index (Phi) is 7.57. The van der Waals surface area contributed by atoms with E-state index in [2.05, 4.69) is 43.3 Å². The van der Waals surface area contributed by atoms with E-state index in [4.69, 9.17) is 10.8 Å². The number of aryl methyl sites for hydroxylation is 1. The molecule has 0 fully saturated rings. The van der Waals surface area contributed by atoms with E-state index >= 15 is 0 Å². The highest BCUT2D eigenvalue weighted by Crippen LogP contribution is 2.22. The summed E-state index contributed by atoms with van der Waals surface area (Å²) in [6.45, 7) is 2.29. The Morgan fingerprint density at radius 3 is 2.57 bits per heavy atom. The fourth-order valence-electron chi connectivity index (χ4n) is 3.19. The molecule has 0 bridgehead atoms. The van der Waals surface area contributed by atoms with Crippen molar-refractivity contribution >= 4 is 10.8 Å². The Balaban J connectivity index is 1.96. The van der Waals surface area contributed by atoms with Crippen molar-refractivity contribution in [3.05, 3.63) is 47.5 Å². The molecule has 0 heterocycles. The van der Waals surface area contributed by atoms with Crippen LogP contribution in [0, 0.1) is 0 Å². The minimum Gasteiger partial charge on any atom is -0.395 e. The smallest absolute Gasteiger partial charge is 0.0585 e. The first-order valence-corrected chi connectivity index (χ1v) is 9.11. The van der Waals surface area contributed by atoms with Crippen LogP contribution < -0.4 is 5.73 Å². The van der Waals surface area contributed by atoms with Crippen LogP contribution in [0.5, 0.6) is 0 Å². The van der Waals surface area contributed by atoms with E-state index in [0.717, 1.165) is 6.42 Å². The number of nitrogens with two attached hydrogens (primary N) is 1. The number of aliphatic hydroxyl groups is 1. The highest BCUT2D eigenvalue weighted by Gasteiger charge is 2.06. The van der Waals surface area contributed by atoms with Gasteiger partial charge >= 0.3 is 0 Å². The predicted octanol–water partition coefficient (Wildman–Crippen LogP) is 4.60. The number of hydrogen-bond acceptors (Lipinski definition) is 2. The summed E-state index contributed by atoms with van der Waals surface area (Å²) < 4.78 is 0. The average Bonchev–Trinajstić information content (AvgIpc) is 2.58. The van der Waals surface area contributed by atoms with E-state index in [-0.39, 0.29) is 12.6 Å². The molecule has 2 nitrogen and oxygen atoms in total. The van der Waals surface area contributed by atoms with Gasteiger partial charge < -0.3 is 10.8 Å². The van der Waals surface area contributed by atoms with Crippen LogP contribution in [0.4, 0.5) is 0 Å². The lowest BCUT2D eigenvalue weighted by Gasteiger charge is -2.12. The summed E-state index contributed by atoms with van der Waals surface area (Å²) in [6.07, 6.45) is 9.94. The van der Waals surface area contributed by atoms with Crippen LogP contribution in [0.25, 0.3) is 10.8 Å². The summed E-state index contributed by atoms with van der Waals surface area (Å²) in [6, 6.07) is 13.0. The molecule has 0 aliphatic heterocycles. The van der Waals surface area contributed by atoms with Gasteiger partial charge in [0.1, 0.15) is 0 Å². The van der Waals surface area contributed by atoms with E-state index < -0.39 is 0 Å². The fourth-order valence-corrected chi connectivity index (χ4v) is 3.19. The Hall–Kier alpha value is -1.38. The molecule has 2 heteroatoms. The van der Waals surface area contributed by atoms with Crippen molar-refractivity contribution in [1.29, 1.82) is 0 Å². The molecule has 0 aromatic heterocycles. The Morgan fingerprint density at radius 1 is 1.00 bits per heavy atom. The highest BCUT2D eigenvalue weighted by molar-refractivity contribution is 5.86. The first-order chi connectivity index (χ1) is 11.2. The van der Waals surface area contributed by atoms with Crippen molar-refractivity contribution in [2.24, 2.45) is 5.73 Å². The first-order valence-electron chi connectivity index (χ1n) is 9.11. The highest BCUT2D eigenvalue weighted by atomic mass is 16.3. The molecular weight excluding hydrogens is 282 g/mol. The maximum Gasteiger partial charge on any atom is 0.0585 e. The van der Waals surface area contributed by atoms with Gasteiger partial charge in [-0.05, 0) is 41.2 Å². The average molecular weight is 313 g/mol. The molecule has 2 aromatic carbocycles. The number of rotatable bonds is 10. The molecule has 0 saturated heterocycles. The molecule has 0 amide bonds. The van der Waals surface area contributed by atoms with E-state index in [0.29, 0.717) is 0 Å². The van der Waals surface area contributed by atoms with Gasteiger partial charge in [-0.25, -0.2) is 0 Å². The molecular formula is C21H31NO. The normalized spacial score (nSPS) is 12.7. The summed E-state index contributed by atoms with van der Waals surface area (Å²) >= 11 is 0. The van der Waals surface area contributed by atoms with Crippen molar-refractivity contribution in [3.8, 4) is 0 Å². The maximum atomic E-state index is 9.16. The van der Waals surface area contributed by atoms with Crippen molar-refractivity contribution in [2.75, 3.05) is 6.61 Å². The van der Waals surface area contributed by atoms with Crippen LogP contribution in [-0.4, -0.2) is 17.8 Å². The molecule has 0 saturated carbocycles. The van der Waals surface area contributed by atoms with E-state index in [1.165, 1.54) is 66.8 Å². The number of unbranched alkanes of at least 4 members (excludes halogenated alkanes) is 5. The quantitative estimate of drug-likeness (QED) is 0.629. The molecule has 1 atom stereocenters. The Labute approximate surface area is 140 Å². The van der Waals surface area contributed by atoms with Crippen LogP contribution in [0.3, 0.4) is 0 Å². The second kappa shape index (κ2) is 9.69. The second-order valence-electron chi connectivity index (χ2n) is 6.64. The summed E-state index contributed by atoms with van der Waals surface area (Å²) in [7, 11) is 0. The van der Waals surface area contributed by atoms with Gasteiger partial charge in [-0.15, -0.1) is 0 Å². The van der Waals surface area contributed by atoms with Gasteiger partial charge in [0, 0.05) is 6.04 Å². The van der Waals surface area contributed by atoms with Gasteiger partial charge in [0.25, 0.3) is 0 Å². The molecule has 126 valence electrons. The van der Waals surface area contributed by atoms with Crippen LogP contribution in [0.1, 0.15) is 56.6 Å². The SMILES string of the molecule is CCCCCCCCc1ccc2c(C[C@H](N)CO)cccc2c1. The van der Waals surface area contributed by atoms with Gasteiger partial charge in [0.05, 0.1) is 6.61 Å². The minimum absolute atomic E-state index is 0.0342. The maximum absolute atomic E-state index is 9.16. The van der Waals surface area contributed by atoms with E-state index in [1.54, 1.807) is 0 Å². The third-order valence-corrected chi connectivity index (χ3v) is 4.57. The largest absolute Gasteiger partial charge is 0.395 e. The minimum atomic E-state index is -0.177. The van der Waals surface area contributed by atoms with Gasteiger partial charge in [-0.2, -0.15) is 0 Å². The second-order valence-corrected chi connectivity index (χ2v) is 6.64.